The number of aliphatic hydroxyl groups is 1. The summed E-state index contributed by atoms with van der Waals surface area (Å²) in [6, 6.07) is 0. The van der Waals surface area contributed by atoms with Crippen LogP contribution >= 0.6 is 0 Å². The molecular weight excluding hydrogens is 341 g/mol. The van der Waals surface area contributed by atoms with Crippen molar-refractivity contribution in [3.8, 4) is 0 Å². The summed E-state index contributed by atoms with van der Waals surface area (Å²) in [5.41, 5.74) is -2.74. The zero-order valence-corrected chi connectivity index (χ0v) is 19.6. The Kier molecular flexibility index (Phi) is 28.7. The van der Waals surface area contributed by atoms with Crippen LogP contribution in [0.5, 0.6) is 0 Å². The van der Waals surface area contributed by atoms with Gasteiger partial charge in [0.15, 0.2) is 5.60 Å². The smallest absolute Gasteiger partial charge is 1.00 e. The van der Waals surface area contributed by atoms with E-state index in [-0.39, 0.29) is 141 Å². The van der Waals surface area contributed by atoms with Gasteiger partial charge in [-0.25, -0.2) is 4.79 Å². The Morgan fingerprint density at radius 1 is 0.882 bits per heavy atom. The van der Waals surface area contributed by atoms with E-state index < -0.39 is 36.4 Å². The van der Waals surface area contributed by atoms with Gasteiger partial charge in [0, 0.05) is 0 Å². The van der Waals surface area contributed by atoms with Crippen molar-refractivity contribution in [3.05, 3.63) is 0 Å². The molecule has 0 bridgehead atoms. The molecule has 11 heteroatoms. The van der Waals surface area contributed by atoms with Crippen molar-refractivity contribution in [1.82, 2.24) is 0 Å². The second-order valence-corrected chi connectivity index (χ2v) is 2.48. The Hall–Kier alpha value is 2.85. The van der Waals surface area contributed by atoms with Crippen LogP contribution in [0.1, 0.15) is 20.0 Å². The molecule has 0 aromatic rings. The van der Waals surface area contributed by atoms with Crippen molar-refractivity contribution in [2.75, 3.05) is 0 Å². The molecule has 0 fully saturated rings. The number of carbonyl (C=O) groups is 3. The number of carboxylic acid groups (broad SMARTS) is 3. The molecule has 0 rings (SSSR count). The fraction of sp³-hybridized carbons (Fsp3) is 0.500. The molecule has 0 heterocycles. The van der Waals surface area contributed by atoms with Gasteiger partial charge in [0.25, 0.3) is 0 Å². The minimum atomic E-state index is -2.74. The molecule has 0 aromatic heterocycles. The summed E-state index contributed by atoms with van der Waals surface area (Å²) in [6.07, 6.45) is -2.29. The molecule has 0 saturated heterocycles. The van der Waals surface area contributed by atoms with Crippen molar-refractivity contribution < 1.29 is 131 Å². The number of carboxylic acids is 3. The third-order valence-corrected chi connectivity index (χ3v) is 1.29. The van der Waals surface area contributed by atoms with E-state index in [1.807, 2.05) is 0 Å². The Bertz CT molecular complexity index is 261. The van der Waals surface area contributed by atoms with E-state index in [2.05, 4.69) is 0 Å². The summed E-state index contributed by atoms with van der Waals surface area (Å²) in [6.45, 7) is 0. The van der Waals surface area contributed by atoms with Crippen LogP contribution in [0, 0.1) is 0 Å². The van der Waals surface area contributed by atoms with Gasteiger partial charge >= 0.3 is 152 Å². The molecule has 0 atom stereocenters. The average Bonchev–Trinajstić information content (AvgIpc) is 1.82. The molecule has 7 nitrogen and oxygen atoms in total. The second-order valence-electron chi connectivity index (χ2n) is 2.48. The normalized spacial score (nSPS) is 8.29. The summed E-state index contributed by atoms with van der Waals surface area (Å²) in [7, 11) is 0. The van der Waals surface area contributed by atoms with E-state index in [1.165, 1.54) is 0 Å². The first-order chi connectivity index (χ1) is 5.78. The number of rotatable bonds is 5. The predicted octanol–water partition coefficient (Wildman–Crippen LogP) is -10.1. The number of hydrogen-bond acceptors (Lipinski definition) is 4. The van der Waals surface area contributed by atoms with E-state index in [1.54, 1.807) is 0 Å². The number of aliphatic carboxylic acids is 3. The maximum Gasteiger partial charge on any atom is 2.00 e. The molecule has 0 saturated carbocycles. The maximum atomic E-state index is 10.3. The SMILES string of the molecule is O=C(O)CC(O)(CC(=O)O)C(=O)O.[H-].[H-].[H-].[H-].[H-].[Na+].[Na+].[Na+].[Sr+2]. The Labute approximate surface area is 208 Å². The molecule has 0 radical (unpaired) electrons. The first-order valence-electron chi connectivity index (χ1n) is 3.17. The third-order valence-electron chi connectivity index (χ3n) is 1.29. The Morgan fingerprint density at radius 2 is 1.12 bits per heavy atom. The van der Waals surface area contributed by atoms with E-state index >= 15 is 0 Å². The summed E-state index contributed by atoms with van der Waals surface area (Å²) in [5, 5.41) is 33.8. The molecule has 0 aromatic carbocycles. The van der Waals surface area contributed by atoms with Gasteiger partial charge < -0.3 is 27.6 Å². The van der Waals surface area contributed by atoms with E-state index in [4.69, 9.17) is 20.4 Å². The van der Waals surface area contributed by atoms with Crippen LogP contribution in [0.4, 0.5) is 0 Å². The van der Waals surface area contributed by atoms with Crippen molar-refractivity contribution >= 4 is 63.4 Å². The topological polar surface area (TPSA) is 132 Å². The van der Waals surface area contributed by atoms with Gasteiger partial charge in [0.1, 0.15) is 0 Å². The van der Waals surface area contributed by atoms with Gasteiger partial charge in [-0.1, -0.05) is 0 Å². The standard InChI is InChI=1S/C6H8O7.3Na.Sr.5H/c7-3(8)1-6(13,5(11)12)2-4(9)10;;;;;;;;;/h13H,1-2H2,(H,7,8)(H,9,10)(H,11,12);;;;;;;;;/q;3*+1;+2;5*-1. The molecule has 0 aliphatic carbocycles. The first kappa shape index (κ1) is 32.0. The second kappa shape index (κ2) is 15.2. The summed E-state index contributed by atoms with van der Waals surface area (Å²) < 4.78 is 0. The fourth-order valence-corrected chi connectivity index (χ4v) is 0.714. The Morgan fingerprint density at radius 3 is 1.24 bits per heavy atom. The van der Waals surface area contributed by atoms with Gasteiger partial charge in [-0.15, -0.1) is 0 Å². The predicted molar refractivity (Wildman–Crippen MR) is 48.4 cm³/mol. The maximum absolute atomic E-state index is 10.3. The molecule has 4 N–H and O–H groups in total. The van der Waals surface area contributed by atoms with Crippen LogP contribution in [0.2, 0.25) is 0 Å². The first-order valence-corrected chi connectivity index (χ1v) is 3.17. The van der Waals surface area contributed by atoms with Gasteiger partial charge in [-0.05, 0) is 0 Å². The molecule has 0 aliphatic heterocycles. The van der Waals surface area contributed by atoms with Crippen LogP contribution in [-0.2, 0) is 14.4 Å². The van der Waals surface area contributed by atoms with Gasteiger partial charge in [0.05, 0.1) is 12.8 Å². The van der Waals surface area contributed by atoms with Crippen LogP contribution in [0.25, 0.3) is 0 Å². The van der Waals surface area contributed by atoms with Crippen LogP contribution < -0.4 is 88.7 Å². The van der Waals surface area contributed by atoms with Crippen molar-refractivity contribution in [3.63, 3.8) is 0 Å². The minimum absolute atomic E-state index is 0. The molecule has 0 spiro atoms. The van der Waals surface area contributed by atoms with Gasteiger partial charge in [-0.3, -0.25) is 9.59 Å². The fourth-order valence-electron chi connectivity index (χ4n) is 0.714. The summed E-state index contributed by atoms with van der Waals surface area (Å²) in [4.78, 5) is 30.5. The van der Waals surface area contributed by atoms with Crippen molar-refractivity contribution in [2.24, 2.45) is 0 Å². The third kappa shape index (κ3) is 15.1. The number of hydrogen-bond donors (Lipinski definition) is 4. The summed E-state index contributed by atoms with van der Waals surface area (Å²) >= 11 is 0. The molecule has 0 unspecified atom stereocenters. The Balaban J connectivity index is -0.0000000200. The van der Waals surface area contributed by atoms with E-state index in [0.29, 0.717) is 0 Å². The molecular formula is C6H13Na3O7Sr. The quantitative estimate of drug-likeness (QED) is 0.361. The molecule has 17 heavy (non-hydrogen) atoms. The van der Waals surface area contributed by atoms with Crippen LogP contribution in [0.3, 0.4) is 0 Å². The largest absolute Gasteiger partial charge is 2.00 e. The van der Waals surface area contributed by atoms with E-state index in [0.717, 1.165) is 0 Å². The average molecular weight is 354 g/mol. The van der Waals surface area contributed by atoms with Crippen LogP contribution in [-0.4, -0.2) is 89.4 Å². The molecule has 84 valence electrons. The minimum Gasteiger partial charge on any atom is -1.00 e. The van der Waals surface area contributed by atoms with Gasteiger partial charge in [-0.2, -0.15) is 0 Å². The monoisotopic (exact) mass is 354 g/mol. The van der Waals surface area contributed by atoms with E-state index in [9.17, 15) is 14.4 Å². The van der Waals surface area contributed by atoms with Gasteiger partial charge in [0.2, 0.25) is 0 Å². The summed E-state index contributed by atoms with van der Waals surface area (Å²) in [5.74, 6) is -5.02. The van der Waals surface area contributed by atoms with Crippen LogP contribution in [0.15, 0.2) is 0 Å². The van der Waals surface area contributed by atoms with Crippen molar-refractivity contribution in [2.45, 2.75) is 18.4 Å². The van der Waals surface area contributed by atoms with Crippen molar-refractivity contribution in [1.29, 1.82) is 0 Å². The zero-order chi connectivity index (χ0) is 10.6. The zero-order valence-electron chi connectivity index (χ0n) is 15.1. The molecule has 0 aliphatic rings. The molecule has 0 amide bonds.